The van der Waals surface area contributed by atoms with Gasteiger partial charge in [-0.05, 0) is 38.8 Å². The monoisotopic (exact) mass is 294 g/mol. The van der Waals surface area contributed by atoms with Gasteiger partial charge in [-0.15, -0.1) is 0 Å². The molecule has 2 unspecified atom stereocenters. The predicted molar refractivity (Wildman–Crippen MR) is 83.5 cm³/mol. The van der Waals surface area contributed by atoms with Crippen LogP contribution in [0.1, 0.15) is 25.0 Å². The molecule has 0 aromatic heterocycles. The van der Waals surface area contributed by atoms with Gasteiger partial charge >= 0.3 is 0 Å². The highest BCUT2D eigenvalue weighted by Crippen LogP contribution is 2.21. The van der Waals surface area contributed by atoms with E-state index in [0.29, 0.717) is 12.4 Å². The molecule has 5 nitrogen and oxygen atoms in total. The highest BCUT2D eigenvalue weighted by atomic mass is 16.5. The van der Waals surface area contributed by atoms with E-state index in [0.717, 1.165) is 17.5 Å². The number of methoxy groups -OCH3 is 1. The Kier molecular flexibility index (Phi) is 7.19. The fourth-order valence-electron chi connectivity index (χ4n) is 2.11. The van der Waals surface area contributed by atoms with E-state index in [1.54, 1.807) is 7.11 Å². The molecule has 1 aromatic rings. The van der Waals surface area contributed by atoms with Crippen LogP contribution in [0.2, 0.25) is 0 Å². The summed E-state index contributed by atoms with van der Waals surface area (Å²) in [5, 5.41) is 2.81. The highest BCUT2D eigenvalue weighted by Gasteiger charge is 2.11. The number of rotatable bonds is 8. The van der Waals surface area contributed by atoms with Crippen molar-refractivity contribution >= 4 is 5.91 Å². The molecule has 0 saturated heterocycles. The first-order valence-corrected chi connectivity index (χ1v) is 7.18. The van der Waals surface area contributed by atoms with Gasteiger partial charge in [-0.2, -0.15) is 0 Å². The van der Waals surface area contributed by atoms with Crippen molar-refractivity contribution < 1.29 is 14.3 Å². The van der Waals surface area contributed by atoms with E-state index in [9.17, 15) is 4.79 Å². The summed E-state index contributed by atoms with van der Waals surface area (Å²) in [6, 6.07) is 5.91. The predicted octanol–water partition coefficient (Wildman–Crippen LogP) is 1.41. The normalized spacial score (nSPS) is 13.6. The Hall–Kier alpha value is -1.59. The average molecular weight is 294 g/mol. The number of nitrogens with one attached hydrogen (secondary N) is 1. The Morgan fingerprint density at radius 3 is 2.71 bits per heavy atom. The second-order valence-corrected chi connectivity index (χ2v) is 5.51. The highest BCUT2D eigenvalue weighted by molar-refractivity contribution is 5.77. The van der Waals surface area contributed by atoms with Crippen LogP contribution in [0, 0.1) is 6.92 Å². The molecule has 0 radical (unpaired) electrons. The molecule has 0 spiro atoms. The first-order chi connectivity index (χ1) is 9.92. The lowest BCUT2D eigenvalue weighted by molar-refractivity contribution is -0.124. The number of benzene rings is 1. The second kappa shape index (κ2) is 8.64. The molecule has 3 N–H and O–H groups in total. The van der Waals surface area contributed by atoms with Gasteiger partial charge in [0.05, 0.1) is 6.61 Å². The van der Waals surface area contributed by atoms with Gasteiger partial charge in [0.2, 0.25) is 0 Å². The molecule has 0 heterocycles. The minimum absolute atomic E-state index is 0.0108. The van der Waals surface area contributed by atoms with E-state index < -0.39 is 0 Å². The van der Waals surface area contributed by atoms with E-state index in [1.165, 1.54) is 0 Å². The zero-order chi connectivity index (χ0) is 15.8. The van der Waals surface area contributed by atoms with Gasteiger partial charge in [0.25, 0.3) is 5.91 Å². The maximum atomic E-state index is 11.8. The van der Waals surface area contributed by atoms with Crippen molar-refractivity contribution in [1.29, 1.82) is 0 Å². The summed E-state index contributed by atoms with van der Waals surface area (Å²) in [6.07, 6.45) is 0.721. The fraction of sp³-hybridized carbons (Fsp3) is 0.562. The first-order valence-electron chi connectivity index (χ1n) is 7.18. The van der Waals surface area contributed by atoms with Crippen LogP contribution in [0.15, 0.2) is 18.2 Å². The van der Waals surface area contributed by atoms with Crippen molar-refractivity contribution in [1.82, 2.24) is 5.32 Å². The quantitative estimate of drug-likeness (QED) is 0.760. The summed E-state index contributed by atoms with van der Waals surface area (Å²) in [5.74, 6) is 0.555. The molecule has 2 atom stereocenters. The zero-order valence-electron chi connectivity index (χ0n) is 13.3. The average Bonchev–Trinajstić information content (AvgIpc) is 2.37. The summed E-state index contributed by atoms with van der Waals surface area (Å²) >= 11 is 0. The van der Waals surface area contributed by atoms with Crippen molar-refractivity contribution in [2.24, 2.45) is 5.73 Å². The molecule has 21 heavy (non-hydrogen) atoms. The van der Waals surface area contributed by atoms with Gasteiger partial charge in [-0.1, -0.05) is 17.7 Å². The number of carbonyl (C=O) groups is 1. The molecular formula is C16H26N2O3. The third-order valence-corrected chi connectivity index (χ3v) is 2.94. The van der Waals surface area contributed by atoms with Crippen molar-refractivity contribution in [3.63, 3.8) is 0 Å². The lowest BCUT2D eigenvalue weighted by Crippen LogP contribution is -2.38. The van der Waals surface area contributed by atoms with Gasteiger partial charge < -0.3 is 20.5 Å². The van der Waals surface area contributed by atoms with Crippen LogP contribution in [-0.2, 0) is 16.0 Å². The van der Waals surface area contributed by atoms with Crippen molar-refractivity contribution in [2.45, 2.75) is 39.3 Å². The summed E-state index contributed by atoms with van der Waals surface area (Å²) in [6.45, 7) is 6.32. The molecule has 0 fully saturated rings. The Labute approximate surface area is 126 Å². The Balaban J connectivity index is 2.60. The zero-order valence-corrected chi connectivity index (χ0v) is 13.3. The largest absolute Gasteiger partial charge is 0.483 e. The molecule has 0 aliphatic rings. The minimum atomic E-state index is -0.160. The van der Waals surface area contributed by atoms with Crippen LogP contribution in [0.4, 0.5) is 0 Å². The first kappa shape index (κ1) is 17.5. The molecule has 118 valence electrons. The van der Waals surface area contributed by atoms with E-state index >= 15 is 0 Å². The molecular weight excluding hydrogens is 268 g/mol. The summed E-state index contributed by atoms with van der Waals surface area (Å²) in [7, 11) is 1.60. The number of carbonyl (C=O) groups excluding carboxylic acids is 1. The third-order valence-electron chi connectivity index (χ3n) is 2.94. The van der Waals surface area contributed by atoms with Gasteiger partial charge in [0.15, 0.2) is 6.61 Å². The number of nitrogens with two attached hydrogens (primary N) is 1. The third kappa shape index (κ3) is 6.60. The summed E-state index contributed by atoms with van der Waals surface area (Å²) in [5.41, 5.74) is 8.03. The SMILES string of the molecule is COCC(C)NC(=O)COc1ccc(C)cc1CC(C)N. The van der Waals surface area contributed by atoms with Crippen LogP contribution in [0.5, 0.6) is 5.75 Å². The van der Waals surface area contributed by atoms with Gasteiger partial charge in [0, 0.05) is 19.2 Å². The molecule has 0 saturated carbocycles. The molecule has 1 rings (SSSR count). The lowest BCUT2D eigenvalue weighted by atomic mass is 10.0. The second-order valence-electron chi connectivity index (χ2n) is 5.51. The number of ether oxygens (including phenoxy) is 2. The van der Waals surface area contributed by atoms with Gasteiger partial charge in [0.1, 0.15) is 5.75 Å². The lowest BCUT2D eigenvalue weighted by Gasteiger charge is -2.16. The maximum Gasteiger partial charge on any atom is 0.258 e. The van der Waals surface area contributed by atoms with Crippen molar-refractivity contribution in [3.8, 4) is 5.75 Å². The topological polar surface area (TPSA) is 73.6 Å². The maximum absolute atomic E-state index is 11.8. The molecule has 0 bridgehead atoms. The molecule has 5 heteroatoms. The standard InChI is InChI=1S/C16H26N2O3/c1-11-5-6-15(14(7-11)8-12(2)17)21-10-16(19)18-13(3)9-20-4/h5-7,12-13H,8-10,17H2,1-4H3,(H,18,19). The molecule has 0 aliphatic heterocycles. The number of amides is 1. The van der Waals surface area contributed by atoms with E-state index in [4.69, 9.17) is 15.2 Å². The van der Waals surface area contributed by atoms with Crippen LogP contribution in [0.25, 0.3) is 0 Å². The van der Waals surface area contributed by atoms with Gasteiger partial charge in [-0.3, -0.25) is 4.79 Å². The number of hydrogen-bond acceptors (Lipinski definition) is 4. The summed E-state index contributed by atoms with van der Waals surface area (Å²) in [4.78, 5) is 11.8. The fourth-order valence-corrected chi connectivity index (χ4v) is 2.11. The number of hydrogen-bond donors (Lipinski definition) is 2. The van der Waals surface area contributed by atoms with E-state index in [2.05, 4.69) is 5.32 Å². The number of aryl methyl sites for hydroxylation is 1. The molecule has 1 aromatic carbocycles. The van der Waals surface area contributed by atoms with Crippen molar-refractivity contribution in [3.05, 3.63) is 29.3 Å². The smallest absolute Gasteiger partial charge is 0.258 e. The Morgan fingerprint density at radius 1 is 1.38 bits per heavy atom. The van der Waals surface area contributed by atoms with Crippen LogP contribution in [0.3, 0.4) is 0 Å². The molecule has 1 amide bonds. The van der Waals surface area contributed by atoms with E-state index in [1.807, 2.05) is 39.0 Å². The minimum Gasteiger partial charge on any atom is -0.483 e. The Morgan fingerprint density at radius 2 is 2.10 bits per heavy atom. The summed E-state index contributed by atoms with van der Waals surface area (Å²) < 4.78 is 10.6. The Bertz CT molecular complexity index is 461. The van der Waals surface area contributed by atoms with Gasteiger partial charge in [-0.25, -0.2) is 0 Å². The molecule has 0 aliphatic carbocycles. The van der Waals surface area contributed by atoms with E-state index in [-0.39, 0.29) is 24.6 Å². The van der Waals surface area contributed by atoms with Crippen LogP contribution >= 0.6 is 0 Å². The van der Waals surface area contributed by atoms with Crippen LogP contribution in [-0.4, -0.2) is 38.3 Å². The van der Waals surface area contributed by atoms with Crippen molar-refractivity contribution in [2.75, 3.05) is 20.3 Å². The van der Waals surface area contributed by atoms with Crippen LogP contribution < -0.4 is 15.8 Å².